The standard InChI is InChI=1S/C16H23BrN2O2S2/c17-15-3-1-2-4-16(15)23(20,21)18-11-13-5-8-19(9-6-13)14-7-10-22-12-14/h1-4,13-14,18H,5-12H2. The van der Waals surface area contributed by atoms with Gasteiger partial charge in [0.15, 0.2) is 0 Å². The van der Waals surface area contributed by atoms with Gasteiger partial charge in [-0.15, -0.1) is 0 Å². The van der Waals surface area contributed by atoms with Crippen molar-refractivity contribution < 1.29 is 8.42 Å². The molecule has 23 heavy (non-hydrogen) atoms. The van der Waals surface area contributed by atoms with Gasteiger partial charge in [0.1, 0.15) is 0 Å². The molecule has 0 saturated carbocycles. The van der Waals surface area contributed by atoms with E-state index < -0.39 is 10.0 Å². The Balaban J connectivity index is 1.50. The first kappa shape index (κ1) is 17.7. The second-order valence-corrected chi connectivity index (χ2v) is 10.0. The molecular weight excluding hydrogens is 396 g/mol. The van der Waals surface area contributed by atoms with Crippen LogP contribution in [0.3, 0.4) is 0 Å². The lowest BCUT2D eigenvalue weighted by atomic mass is 9.96. The number of likely N-dealkylation sites (tertiary alicyclic amines) is 1. The highest BCUT2D eigenvalue weighted by atomic mass is 79.9. The fourth-order valence-electron chi connectivity index (χ4n) is 3.30. The third-order valence-electron chi connectivity index (χ3n) is 4.76. The zero-order valence-corrected chi connectivity index (χ0v) is 16.3. The quantitative estimate of drug-likeness (QED) is 0.798. The fraction of sp³-hybridized carbons (Fsp3) is 0.625. The predicted molar refractivity (Wildman–Crippen MR) is 99.4 cm³/mol. The van der Waals surface area contributed by atoms with Crippen LogP contribution in [0.25, 0.3) is 0 Å². The van der Waals surface area contributed by atoms with Crippen LogP contribution in [0, 0.1) is 5.92 Å². The summed E-state index contributed by atoms with van der Waals surface area (Å²) in [7, 11) is -3.43. The van der Waals surface area contributed by atoms with E-state index in [2.05, 4.69) is 37.3 Å². The highest BCUT2D eigenvalue weighted by Gasteiger charge is 2.28. The molecule has 4 nitrogen and oxygen atoms in total. The number of halogens is 1. The number of sulfonamides is 1. The van der Waals surface area contributed by atoms with Crippen LogP contribution >= 0.6 is 27.7 Å². The average molecular weight is 419 g/mol. The third-order valence-corrected chi connectivity index (χ3v) is 8.34. The van der Waals surface area contributed by atoms with Gasteiger partial charge in [-0.3, -0.25) is 4.90 Å². The number of benzene rings is 1. The van der Waals surface area contributed by atoms with Crippen LogP contribution in [0.5, 0.6) is 0 Å². The Morgan fingerprint density at radius 2 is 1.96 bits per heavy atom. The van der Waals surface area contributed by atoms with Crippen molar-refractivity contribution in [2.24, 2.45) is 5.92 Å². The van der Waals surface area contributed by atoms with Crippen molar-refractivity contribution >= 4 is 37.7 Å². The first-order valence-electron chi connectivity index (χ1n) is 8.12. The van der Waals surface area contributed by atoms with Crippen molar-refractivity contribution in [3.05, 3.63) is 28.7 Å². The summed E-state index contributed by atoms with van der Waals surface area (Å²) < 4.78 is 28.2. The van der Waals surface area contributed by atoms with Crippen molar-refractivity contribution in [3.63, 3.8) is 0 Å². The Kier molecular flexibility index (Phi) is 6.07. The summed E-state index contributed by atoms with van der Waals surface area (Å²) in [6, 6.07) is 7.70. The second-order valence-electron chi connectivity index (χ2n) is 6.28. The summed E-state index contributed by atoms with van der Waals surface area (Å²) in [6.45, 7) is 2.75. The van der Waals surface area contributed by atoms with Crippen molar-refractivity contribution in [1.29, 1.82) is 0 Å². The lowest BCUT2D eigenvalue weighted by Crippen LogP contribution is -2.43. The van der Waals surface area contributed by atoms with Crippen LogP contribution in [0.2, 0.25) is 0 Å². The Morgan fingerprint density at radius 3 is 2.61 bits per heavy atom. The minimum Gasteiger partial charge on any atom is -0.300 e. The maximum Gasteiger partial charge on any atom is 0.241 e. The minimum atomic E-state index is -3.43. The van der Waals surface area contributed by atoms with E-state index in [9.17, 15) is 8.42 Å². The Labute approximate surface area is 151 Å². The van der Waals surface area contributed by atoms with Crippen molar-refractivity contribution in [1.82, 2.24) is 9.62 Å². The van der Waals surface area contributed by atoms with Gasteiger partial charge in [0.25, 0.3) is 0 Å². The van der Waals surface area contributed by atoms with Gasteiger partial charge in [-0.1, -0.05) is 12.1 Å². The van der Waals surface area contributed by atoms with E-state index >= 15 is 0 Å². The molecule has 1 N–H and O–H groups in total. The van der Waals surface area contributed by atoms with Gasteiger partial charge in [-0.2, -0.15) is 11.8 Å². The zero-order chi connectivity index (χ0) is 16.3. The van der Waals surface area contributed by atoms with Crippen LogP contribution < -0.4 is 4.72 Å². The first-order chi connectivity index (χ1) is 11.1. The molecule has 2 aliphatic heterocycles. The number of nitrogens with zero attached hydrogens (tertiary/aromatic N) is 1. The third kappa shape index (κ3) is 4.51. The van der Waals surface area contributed by atoms with E-state index in [-0.39, 0.29) is 0 Å². The van der Waals surface area contributed by atoms with Crippen molar-refractivity contribution in [2.45, 2.75) is 30.2 Å². The summed E-state index contributed by atoms with van der Waals surface area (Å²) in [5.74, 6) is 2.99. The van der Waals surface area contributed by atoms with Gasteiger partial charge in [-0.05, 0) is 72.1 Å². The van der Waals surface area contributed by atoms with Crippen LogP contribution in [-0.4, -0.2) is 50.5 Å². The summed E-state index contributed by atoms with van der Waals surface area (Å²) in [5, 5.41) is 0. The molecule has 2 aliphatic rings. The normalized spacial score (nSPS) is 24.1. The van der Waals surface area contributed by atoms with Crippen molar-refractivity contribution in [3.8, 4) is 0 Å². The predicted octanol–water partition coefficient (Wildman–Crippen LogP) is 2.94. The molecule has 0 aromatic heterocycles. The summed E-state index contributed by atoms with van der Waals surface area (Å²) in [5.41, 5.74) is 0. The Hall–Kier alpha value is -0.0800. The molecule has 1 atom stereocenters. The largest absolute Gasteiger partial charge is 0.300 e. The van der Waals surface area contributed by atoms with Gasteiger partial charge in [0.2, 0.25) is 10.0 Å². The van der Waals surface area contributed by atoms with Gasteiger partial charge in [-0.25, -0.2) is 13.1 Å². The molecule has 7 heteroatoms. The smallest absolute Gasteiger partial charge is 0.241 e. The number of hydrogen-bond donors (Lipinski definition) is 1. The maximum atomic E-state index is 12.4. The lowest BCUT2D eigenvalue weighted by molar-refractivity contribution is 0.145. The van der Waals surface area contributed by atoms with Gasteiger partial charge in [0.05, 0.1) is 4.90 Å². The van der Waals surface area contributed by atoms with Gasteiger partial charge < -0.3 is 0 Å². The second kappa shape index (κ2) is 7.87. The van der Waals surface area contributed by atoms with E-state index in [0.717, 1.165) is 32.0 Å². The zero-order valence-electron chi connectivity index (χ0n) is 13.1. The number of nitrogens with one attached hydrogen (secondary N) is 1. The van der Waals surface area contributed by atoms with E-state index in [1.807, 2.05) is 6.07 Å². The number of rotatable bonds is 5. The molecule has 2 fully saturated rings. The van der Waals surface area contributed by atoms with Crippen LogP contribution in [0.1, 0.15) is 19.3 Å². The summed E-state index contributed by atoms with van der Waals surface area (Å²) in [4.78, 5) is 2.92. The summed E-state index contributed by atoms with van der Waals surface area (Å²) >= 11 is 5.37. The minimum absolute atomic E-state index is 0.320. The molecule has 0 amide bonds. The van der Waals surface area contributed by atoms with E-state index in [1.54, 1.807) is 18.2 Å². The molecule has 2 heterocycles. The SMILES string of the molecule is O=S(=O)(NCC1CCN(C2CCSC2)CC1)c1ccccc1Br. The monoisotopic (exact) mass is 418 g/mol. The molecule has 2 saturated heterocycles. The molecule has 128 valence electrons. The topological polar surface area (TPSA) is 49.4 Å². The number of hydrogen-bond acceptors (Lipinski definition) is 4. The molecule has 0 radical (unpaired) electrons. The maximum absolute atomic E-state index is 12.4. The number of thioether (sulfide) groups is 1. The van der Waals surface area contributed by atoms with Gasteiger partial charge >= 0.3 is 0 Å². The van der Waals surface area contributed by atoms with Gasteiger partial charge in [0, 0.05) is 22.8 Å². The first-order valence-corrected chi connectivity index (χ1v) is 11.6. The van der Waals surface area contributed by atoms with Crippen molar-refractivity contribution in [2.75, 3.05) is 31.1 Å². The lowest BCUT2D eigenvalue weighted by Gasteiger charge is -2.35. The molecule has 1 aromatic carbocycles. The van der Waals surface area contributed by atoms with Crippen LogP contribution in [0.4, 0.5) is 0 Å². The molecule has 0 spiro atoms. The molecular formula is C16H23BrN2O2S2. The van der Waals surface area contributed by atoms with E-state index in [0.29, 0.717) is 21.8 Å². The highest BCUT2D eigenvalue weighted by molar-refractivity contribution is 9.10. The van der Waals surface area contributed by atoms with Crippen LogP contribution in [0.15, 0.2) is 33.6 Å². The molecule has 0 bridgehead atoms. The summed E-state index contributed by atoms with van der Waals surface area (Å²) in [6.07, 6.45) is 3.48. The van der Waals surface area contributed by atoms with E-state index in [1.165, 1.54) is 17.9 Å². The number of piperidine rings is 1. The molecule has 1 aromatic rings. The van der Waals surface area contributed by atoms with Crippen LogP contribution in [-0.2, 0) is 10.0 Å². The molecule has 3 rings (SSSR count). The van der Waals surface area contributed by atoms with E-state index in [4.69, 9.17) is 0 Å². The average Bonchev–Trinajstić information content (AvgIpc) is 3.08. The molecule has 0 aliphatic carbocycles. The Bertz CT molecular complexity index is 625. The fourth-order valence-corrected chi connectivity index (χ4v) is 6.67. The Morgan fingerprint density at radius 1 is 1.22 bits per heavy atom. The highest BCUT2D eigenvalue weighted by Crippen LogP contribution is 2.27. The molecule has 1 unspecified atom stereocenters.